The van der Waals surface area contributed by atoms with Crippen LogP contribution in [0.15, 0.2) is 5.03 Å². The summed E-state index contributed by atoms with van der Waals surface area (Å²) in [6.07, 6.45) is 2.26. The summed E-state index contributed by atoms with van der Waals surface area (Å²) in [5.41, 5.74) is 1.73. The lowest BCUT2D eigenvalue weighted by Crippen LogP contribution is -2.14. The number of nitrogens with zero attached hydrogens (tertiary/aromatic N) is 3. The van der Waals surface area contributed by atoms with Crippen molar-refractivity contribution in [3.05, 3.63) is 26.8 Å². The molecule has 0 aliphatic heterocycles. The Bertz CT molecular complexity index is 1130. The van der Waals surface area contributed by atoms with Crippen LogP contribution in [-0.2, 0) is 9.53 Å². The van der Waals surface area contributed by atoms with Crippen LogP contribution in [0.4, 0.5) is 5.13 Å². The van der Waals surface area contributed by atoms with Gasteiger partial charge in [0.1, 0.15) is 20.6 Å². The molecule has 3 heterocycles. The Balaban J connectivity index is 1.48. The number of thioether (sulfide) groups is 1. The topological polar surface area (TPSA) is 94.1 Å². The minimum Gasteiger partial charge on any atom is -0.462 e. The first-order valence-corrected chi connectivity index (χ1v) is 12.3. The third-order valence-electron chi connectivity index (χ3n) is 4.80. The second-order valence-electron chi connectivity index (χ2n) is 7.12. The number of amides is 1. The summed E-state index contributed by atoms with van der Waals surface area (Å²) >= 11 is 4.23. The van der Waals surface area contributed by atoms with E-state index in [1.807, 2.05) is 0 Å². The Labute approximate surface area is 186 Å². The number of anilines is 1. The lowest BCUT2D eigenvalue weighted by atomic mass is 10.2. The molecule has 3 aromatic heterocycles. The lowest BCUT2D eigenvalue weighted by Gasteiger charge is -2.06. The molecule has 1 saturated carbocycles. The molecule has 7 nitrogen and oxygen atoms in total. The van der Waals surface area contributed by atoms with Gasteiger partial charge in [-0.15, -0.1) is 11.3 Å². The minimum atomic E-state index is -0.415. The molecule has 1 N–H and O–H groups in total. The van der Waals surface area contributed by atoms with Crippen LogP contribution >= 0.6 is 34.4 Å². The molecule has 10 heteroatoms. The quantitative estimate of drug-likeness (QED) is 0.304. The van der Waals surface area contributed by atoms with Gasteiger partial charge in [0, 0.05) is 16.2 Å². The molecular formula is C20H22N4O3S3. The van der Waals surface area contributed by atoms with Crippen LogP contribution in [0.1, 0.15) is 57.3 Å². The summed E-state index contributed by atoms with van der Waals surface area (Å²) in [5, 5.41) is 5.10. The molecule has 1 aliphatic carbocycles. The number of carbonyl (C=O) groups excluding carboxylic acids is 2. The van der Waals surface area contributed by atoms with Gasteiger partial charge in [-0.1, -0.05) is 23.1 Å². The molecule has 0 unspecified atom stereocenters. The maximum absolute atomic E-state index is 12.5. The van der Waals surface area contributed by atoms with Crippen molar-refractivity contribution >= 4 is 61.7 Å². The standard InChI is InChI=1S/C20H22N4O3S3/c1-5-27-19(26)15-10(3)21-20(30-15)22-13(25)8-28-17-14-9(2)11(4)29-18(14)24-16(23-17)12-6-7-12/h12H,5-8H2,1-4H3,(H,21,22,25). The van der Waals surface area contributed by atoms with Gasteiger partial charge in [0.2, 0.25) is 5.91 Å². The summed E-state index contributed by atoms with van der Waals surface area (Å²) in [5.74, 6) is 0.944. The first-order chi connectivity index (χ1) is 14.4. The van der Waals surface area contributed by atoms with E-state index in [4.69, 9.17) is 14.7 Å². The number of aromatic nitrogens is 3. The van der Waals surface area contributed by atoms with Crippen molar-refractivity contribution in [2.75, 3.05) is 17.7 Å². The normalized spacial score (nSPS) is 13.6. The van der Waals surface area contributed by atoms with Gasteiger partial charge in [-0.3, -0.25) is 4.79 Å². The van der Waals surface area contributed by atoms with E-state index in [-0.39, 0.29) is 11.7 Å². The zero-order chi connectivity index (χ0) is 21.4. The summed E-state index contributed by atoms with van der Waals surface area (Å²) in [6, 6.07) is 0. The first kappa shape index (κ1) is 21.2. The Morgan fingerprint density at radius 3 is 2.63 bits per heavy atom. The number of fused-ring (bicyclic) bond motifs is 1. The van der Waals surface area contributed by atoms with Gasteiger partial charge in [0.25, 0.3) is 0 Å². The second kappa shape index (κ2) is 8.60. The van der Waals surface area contributed by atoms with Gasteiger partial charge in [0.05, 0.1) is 18.1 Å². The Morgan fingerprint density at radius 1 is 1.17 bits per heavy atom. The van der Waals surface area contributed by atoms with Gasteiger partial charge < -0.3 is 10.1 Å². The molecular weight excluding hydrogens is 440 g/mol. The molecule has 0 saturated heterocycles. The van der Waals surface area contributed by atoms with E-state index in [1.165, 1.54) is 22.2 Å². The molecule has 0 bridgehead atoms. The Hall–Kier alpha value is -2.04. The van der Waals surface area contributed by atoms with Crippen molar-refractivity contribution in [1.82, 2.24) is 15.0 Å². The van der Waals surface area contributed by atoms with E-state index >= 15 is 0 Å². The third-order valence-corrected chi connectivity index (χ3v) is 7.93. The monoisotopic (exact) mass is 462 g/mol. The molecule has 0 aromatic carbocycles. The number of nitrogens with one attached hydrogen (secondary N) is 1. The average molecular weight is 463 g/mol. The Morgan fingerprint density at radius 2 is 1.93 bits per heavy atom. The number of ether oxygens (including phenoxy) is 1. The first-order valence-electron chi connectivity index (χ1n) is 9.72. The van der Waals surface area contributed by atoms with Gasteiger partial charge >= 0.3 is 5.97 Å². The van der Waals surface area contributed by atoms with E-state index in [2.05, 4.69) is 24.1 Å². The SMILES string of the molecule is CCOC(=O)c1sc(NC(=O)CSc2nc(C3CC3)nc3sc(C)c(C)c23)nc1C. The van der Waals surface area contributed by atoms with E-state index in [1.54, 1.807) is 25.2 Å². The average Bonchev–Trinajstić information content (AvgIpc) is 3.43. The molecule has 0 atom stereocenters. The van der Waals surface area contributed by atoms with Gasteiger partial charge in [-0.05, 0) is 46.1 Å². The number of esters is 1. The molecule has 1 amide bonds. The van der Waals surface area contributed by atoms with Crippen molar-refractivity contribution in [2.24, 2.45) is 0 Å². The van der Waals surface area contributed by atoms with E-state index in [0.29, 0.717) is 28.2 Å². The summed E-state index contributed by atoms with van der Waals surface area (Å²) < 4.78 is 5.02. The molecule has 0 radical (unpaired) electrons. The van der Waals surface area contributed by atoms with Gasteiger partial charge in [0.15, 0.2) is 5.13 Å². The highest BCUT2D eigenvalue weighted by Gasteiger charge is 2.28. The molecule has 1 fully saturated rings. The van der Waals surface area contributed by atoms with Crippen LogP contribution < -0.4 is 5.32 Å². The third kappa shape index (κ3) is 4.35. The van der Waals surface area contributed by atoms with Gasteiger partial charge in [-0.25, -0.2) is 19.7 Å². The number of hydrogen-bond donors (Lipinski definition) is 1. The van der Waals surface area contributed by atoms with Crippen LogP contribution in [0.3, 0.4) is 0 Å². The number of thiophene rings is 1. The predicted molar refractivity (Wildman–Crippen MR) is 121 cm³/mol. The highest BCUT2D eigenvalue weighted by Crippen LogP contribution is 2.42. The maximum atomic E-state index is 12.5. The van der Waals surface area contributed by atoms with E-state index in [0.717, 1.165) is 45.2 Å². The number of carbonyl (C=O) groups is 2. The summed E-state index contributed by atoms with van der Waals surface area (Å²) in [4.78, 5) is 40.9. The fraction of sp³-hybridized carbons (Fsp3) is 0.450. The van der Waals surface area contributed by atoms with Crippen molar-refractivity contribution in [2.45, 2.75) is 51.5 Å². The molecule has 3 aromatic rings. The molecule has 4 rings (SSSR count). The number of hydrogen-bond acceptors (Lipinski definition) is 9. The van der Waals surface area contributed by atoms with Crippen molar-refractivity contribution in [1.29, 1.82) is 0 Å². The Kier molecular flexibility index (Phi) is 6.08. The lowest BCUT2D eigenvalue weighted by molar-refractivity contribution is -0.113. The number of aryl methyl sites for hydroxylation is 3. The van der Waals surface area contributed by atoms with Crippen molar-refractivity contribution < 1.29 is 14.3 Å². The van der Waals surface area contributed by atoms with Crippen LogP contribution in [0.5, 0.6) is 0 Å². The van der Waals surface area contributed by atoms with E-state index in [9.17, 15) is 9.59 Å². The van der Waals surface area contributed by atoms with Crippen LogP contribution in [0, 0.1) is 20.8 Å². The predicted octanol–water partition coefficient (Wildman–Crippen LogP) is 4.86. The molecule has 158 valence electrons. The van der Waals surface area contributed by atoms with Gasteiger partial charge in [-0.2, -0.15) is 0 Å². The van der Waals surface area contributed by atoms with Crippen LogP contribution in [0.25, 0.3) is 10.2 Å². The zero-order valence-electron chi connectivity index (χ0n) is 17.2. The highest BCUT2D eigenvalue weighted by molar-refractivity contribution is 8.00. The van der Waals surface area contributed by atoms with Crippen molar-refractivity contribution in [3.8, 4) is 0 Å². The maximum Gasteiger partial charge on any atom is 0.350 e. The second-order valence-corrected chi connectivity index (χ2v) is 10.3. The fourth-order valence-corrected chi connectivity index (χ4v) is 5.85. The van der Waals surface area contributed by atoms with Crippen LogP contribution in [0.2, 0.25) is 0 Å². The summed E-state index contributed by atoms with van der Waals surface area (Å²) in [6.45, 7) is 7.95. The zero-order valence-corrected chi connectivity index (χ0v) is 19.6. The molecule has 1 aliphatic rings. The largest absolute Gasteiger partial charge is 0.462 e. The minimum absolute atomic E-state index is 0.187. The van der Waals surface area contributed by atoms with Crippen LogP contribution in [-0.4, -0.2) is 39.2 Å². The summed E-state index contributed by atoms with van der Waals surface area (Å²) in [7, 11) is 0. The fourth-order valence-electron chi connectivity index (χ4n) is 2.98. The molecule has 0 spiro atoms. The number of thiazole rings is 1. The van der Waals surface area contributed by atoms with E-state index < -0.39 is 5.97 Å². The molecule has 30 heavy (non-hydrogen) atoms. The number of rotatable bonds is 7. The smallest absolute Gasteiger partial charge is 0.350 e. The van der Waals surface area contributed by atoms with Crippen molar-refractivity contribution in [3.63, 3.8) is 0 Å². The highest BCUT2D eigenvalue weighted by atomic mass is 32.2.